The molecule has 0 aliphatic rings. The van der Waals surface area contributed by atoms with Gasteiger partial charge in [0.25, 0.3) is 0 Å². The van der Waals surface area contributed by atoms with Crippen molar-refractivity contribution < 1.29 is 13.6 Å². The molecule has 4 heteroatoms. The molecule has 1 aromatic carbocycles. The minimum absolute atomic E-state index is 0.190. The predicted octanol–water partition coefficient (Wildman–Crippen LogP) is 2.99. The molecule has 1 rings (SSSR count). The number of ketones is 1. The van der Waals surface area contributed by atoms with Crippen LogP contribution in [0.25, 0.3) is 0 Å². The lowest BCUT2D eigenvalue weighted by molar-refractivity contribution is -0.116. The van der Waals surface area contributed by atoms with Gasteiger partial charge in [-0.15, -0.1) is 0 Å². The third kappa shape index (κ3) is 2.59. The van der Waals surface area contributed by atoms with Crippen molar-refractivity contribution in [3.8, 4) is 0 Å². The van der Waals surface area contributed by atoms with Crippen molar-refractivity contribution in [3.63, 3.8) is 0 Å². The van der Waals surface area contributed by atoms with Crippen LogP contribution in [0.2, 0.25) is 0 Å². The number of alkyl halides is 1. The summed E-state index contributed by atoms with van der Waals surface area (Å²) in [6.07, 6.45) is 0. The smallest absolute Gasteiger partial charge is 0.147 e. The van der Waals surface area contributed by atoms with Crippen molar-refractivity contribution in [2.75, 3.05) is 0 Å². The van der Waals surface area contributed by atoms with E-state index < -0.39 is 16.5 Å². The molecule has 0 spiro atoms. The Hall–Kier alpha value is -0.770. The van der Waals surface area contributed by atoms with E-state index in [1.54, 1.807) is 0 Å². The van der Waals surface area contributed by atoms with E-state index in [0.29, 0.717) is 5.56 Å². The zero-order chi connectivity index (χ0) is 10.0. The predicted molar refractivity (Wildman–Crippen MR) is 48.7 cm³/mol. The van der Waals surface area contributed by atoms with Gasteiger partial charge in [-0.1, -0.05) is 15.9 Å². The quantitative estimate of drug-likeness (QED) is 0.736. The second kappa shape index (κ2) is 3.96. The van der Waals surface area contributed by atoms with Crippen LogP contribution in [0.5, 0.6) is 0 Å². The summed E-state index contributed by atoms with van der Waals surface area (Å²) in [5, 5.41) is 0. The average molecular weight is 249 g/mol. The lowest BCUT2D eigenvalue weighted by Crippen LogP contribution is -2.01. The van der Waals surface area contributed by atoms with E-state index >= 15 is 0 Å². The fourth-order valence-electron chi connectivity index (χ4n) is 0.956. The van der Waals surface area contributed by atoms with Gasteiger partial charge in [-0.2, -0.15) is 0 Å². The standard InChI is InChI=1S/C9H7BrF2O/c1-5(13)9(10)6-2-7(11)4-8(12)3-6/h2-4,9H,1H3. The monoisotopic (exact) mass is 248 g/mol. The van der Waals surface area contributed by atoms with Crippen LogP contribution in [-0.4, -0.2) is 5.78 Å². The molecule has 0 saturated heterocycles. The molecule has 0 saturated carbocycles. The molecular weight excluding hydrogens is 242 g/mol. The Kier molecular flexibility index (Phi) is 3.14. The van der Waals surface area contributed by atoms with Crippen LogP contribution in [0.15, 0.2) is 18.2 Å². The van der Waals surface area contributed by atoms with Crippen LogP contribution < -0.4 is 0 Å². The van der Waals surface area contributed by atoms with Crippen LogP contribution in [0, 0.1) is 11.6 Å². The number of halogens is 3. The van der Waals surface area contributed by atoms with Crippen LogP contribution in [0.3, 0.4) is 0 Å². The van der Waals surface area contributed by atoms with Gasteiger partial charge in [0, 0.05) is 6.07 Å². The molecule has 1 unspecified atom stereocenters. The molecule has 0 bridgehead atoms. The van der Waals surface area contributed by atoms with E-state index in [9.17, 15) is 13.6 Å². The van der Waals surface area contributed by atoms with Gasteiger partial charge in [0.05, 0.1) is 4.83 Å². The van der Waals surface area contributed by atoms with Gasteiger partial charge in [0.1, 0.15) is 17.4 Å². The van der Waals surface area contributed by atoms with Gasteiger partial charge < -0.3 is 0 Å². The lowest BCUT2D eigenvalue weighted by atomic mass is 10.1. The highest BCUT2D eigenvalue weighted by Gasteiger charge is 2.14. The van der Waals surface area contributed by atoms with E-state index in [1.807, 2.05) is 0 Å². The average Bonchev–Trinajstić information content (AvgIpc) is 2.01. The Morgan fingerprint density at radius 2 is 1.77 bits per heavy atom. The fourth-order valence-corrected chi connectivity index (χ4v) is 1.22. The highest BCUT2D eigenvalue weighted by atomic mass is 79.9. The second-order valence-electron chi connectivity index (χ2n) is 2.68. The molecule has 0 amide bonds. The molecule has 1 nitrogen and oxygen atoms in total. The maximum absolute atomic E-state index is 12.7. The van der Waals surface area contributed by atoms with E-state index in [1.165, 1.54) is 6.92 Å². The van der Waals surface area contributed by atoms with Crippen LogP contribution in [0.4, 0.5) is 8.78 Å². The maximum Gasteiger partial charge on any atom is 0.147 e. The molecule has 1 atom stereocenters. The highest BCUT2D eigenvalue weighted by Crippen LogP contribution is 2.24. The zero-order valence-corrected chi connectivity index (χ0v) is 8.44. The first-order valence-corrected chi connectivity index (χ1v) is 4.53. The Bertz CT molecular complexity index is 318. The van der Waals surface area contributed by atoms with Gasteiger partial charge in [-0.25, -0.2) is 8.78 Å². The SMILES string of the molecule is CC(=O)C(Br)c1cc(F)cc(F)c1. The molecule has 13 heavy (non-hydrogen) atoms. The van der Waals surface area contributed by atoms with Crippen molar-refractivity contribution in [2.45, 2.75) is 11.8 Å². The number of Topliss-reactive ketones (excluding diaryl/α,β-unsaturated/α-hetero) is 1. The van der Waals surface area contributed by atoms with E-state index in [-0.39, 0.29) is 5.78 Å². The molecule has 1 aromatic rings. The van der Waals surface area contributed by atoms with Gasteiger partial charge in [0.2, 0.25) is 0 Å². The van der Waals surface area contributed by atoms with Gasteiger partial charge in [-0.05, 0) is 24.6 Å². The Balaban J connectivity index is 3.07. The maximum atomic E-state index is 12.7. The number of benzene rings is 1. The summed E-state index contributed by atoms with van der Waals surface area (Å²) in [7, 11) is 0. The van der Waals surface area contributed by atoms with Crippen LogP contribution >= 0.6 is 15.9 Å². The summed E-state index contributed by atoms with van der Waals surface area (Å²) in [5.74, 6) is -1.55. The minimum atomic E-state index is -0.680. The lowest BCUT2D eigenvalue weighted by Gasteiger charge is -2.05. The number of hydrogen-bond acceptors (Lipinski definition) is 1. The largest absolute Gasteiger partial charge is 0.298 e. The molecule has 0 radical (unpaired) electrons. The summed E-state index contributed by atoms with van der Waals surface area (Å²) in [5.41, 5.74) is 0.296. The molecule has 0 N–H and O–H groups in total. The van der Waals surface area contributed by atoms with E-state index in [2.05, 4.69) is 15.9 Å². The number of carbonyl (C=O) groups is 1. The van der Waals surface area contributed by atoms with Crippen molar-refractivity contribution >= 4 is 21.7 Å². The number of hydrogen-bond donors (Lipinski definition) is 0. The minimum Gasteiger partial charge on any atom is -0.298 e. The first-order chi connectivity index (χ1) is 6.00. The first kappa shape index (κ1) is 10.3. The molecular formula is C9H7BrF2O. The highest BCUT2D eigenvalue weighted by molar-refractivity contribution is 9.09. The summed E-state index contributed by atoms with van der Waals surface area (Å²) in [6, 6.07) is 3.02. The Morgan fingerprint density at radius 3 is 2.15 bits per heavy atom. The van der Waals surface area contributed by atoms with E-state index in [4.69, 9.17) is 0 Å². The summed E-state index contributed by atoms with van der Waals surface area (Å²) in [4.78, 5) is 10.2. The fraction of sp³-hybridized carbons (Fsp3) is 0.222. The third-order valence-corrected chi connectivity index (χ3v) is 2.71. The number of carbonyl (C=O) groups excluding carboxylic acids is 1. The topological polar surface area (TPSA) is 17.1 Å². The molecule has 0 heterocycles. The molecule has 0 fully saturated rings. The normalized spacial score (nSPS) is 12.6. The van der Waals surface area contributed by atoms with Gasteiger partial charge in [0.15, 0.2) is 0 Å². The van der Waals surface area contributed by atoms with Crippen LogP contribution in [-0.2, 0) is 4.79 Å². The Morgan fingerprint density at radius 1 is 1.31 bits per heavy atom. The van der Waals surface area contributed by atoms with Gasteiger partial charge >= 0.3 is 0 Å². The van der Waals surface area contributed by atoms with Gasteiger partial charge in [-0.3, -0.25) is 4.79 Å². The summed E-state index contributed by atoms with van der Waals surface area (Å²) < 4.78 is 25.4. The Labute approximate surface area is 82.9 Å². The first-order valence-electron chi connectivity index (χ1n) is 3.61. The summed E-state index contributed by atoms with van der Waals surface area (Å²) in [6.45, 7) is 1.35. The van der Waals surface area contributed by atoms with E-state index in [0.717, 1.165) is 18.2 Å². The van der Waals surface area contributed by atoms with Crippen molar-refractivity contribution in [1.29, 1.82) is 0 Å². The third-order valence-electron chi connectivity index (χ3n) is 1.53. The summed E-state index contributed by atoms with van der Waals surface area (Å²) >= 11 is 3.04. The van der Waals surface area contributed by atoms with Crippen LogP contribution in [0.1, 0.15) is 17.3 Å². The molecule has 0 aromatic heterocycles. The second-order valence-corrected chi connectivity index (χ2v) is 3.59. The molecule has 70 valence electrons. The molecule has 0 aliphatic carbocycles. The molecule has 0 aliphatic heterocycles. The van der Waals surface area contributed by atoms with Crippen molar-refractivity contribution in [3.05, 3.63) is 35.4 Å². The zero-order valence-electron chi connectivity index (χ0n) is 6.85. The van der Waals surface area contributed by atoms with Crippen molar-refractivity contribution in [1.82, 2.24) is 0 Å². The van der Waals surface area contributed by atoms with Crippen molar-refractivity contribution in [2.24, 2.45) is 0 Å². The number of rotatable bonds is 2.